The number of aryl methyl sites for hydroxylation is 1. The fraction of sp³-hybridized carbons (Fsp3) is 0.593. The summed E-state index contributed by atoms with van der Waals surface area (Å²) >= 11 is 0. The standard InChI is InChI=1S/C27H39N5O3/c1-29-14-6-5-10-24(29)27(34)32-16-11-21(12-17-32)25(19-20-8-7-9-22(18-20)35-4)31(3)26(33)23-13-15-30(2)28-23/h7-9,13,15,18,21,24-25H,5-6,10-12,14,16-17,19H2,1-4H3/t24-,25+/m1/s1. The molecular formula is C27H39N5O3. The highest BCUT2D eigenvalue weighted by Gasteiger charge is 2.36. The smallest absolute Gasteiger partial charge is 0.274 e. The summed E-state index contributed by atoms with van der Waals surface area (Å²) in [5.74, 6) is 1.32. The fourth-order valence-electron chi connectivity index (χ4n) is 5.62. The second-order valence-corrected chi connectivity index (χ2v) is 10.1. The van der Waals surface area contributed by atoms with Crippen LogP contribution in [0.5, 0.6) is 5.75 Å². The average Bonchev–Trinajstić information content (AvgIpc) is 3.32. The first-order valence-electron chi connectivity index (χ1n) is 12.8. The van der Waals surface area contributed by atoms with Crippen LogP contribution >= 0.6 is 0 Å². The summed E-state index contributed by atoms with van der Waals surface area (Å²) < 4.78 is 7.08. The molecule has 8 heteroatoms. The summed E-state index contributed by atoms with van der Waals surface area (Å²) in [6.45, 7) is 2.48. The second-order valence-electron chi connectivity index (χ2n) is 10.1. The van der Waals surface area contributed by atoms with Gasteiger partial charge in [0.15, 0.2) is 0 Å². The normalized spacial score (nSPS) is 20.5. The molecule has 190 valence electrons. The molecule has 8 nitrogen and oxygen atoms in total. The minimum atomic E-state index is -0.0687. The van der Waals surface area contributed by atoms with Crippen molar-refractivity contribution in [2.75, 3.05) is 40.8 Å². The van der Waals surface area contributed by atoms with Crippen molar-refractivity contribution in [3.63, 3.8) is 0 Å². The monoisotopic (exact) mass is 481 g/mol. The molecule has 2 fully saturated rings. The molecule has 0 N–H and O–H groups in total. The summed E-state index contributed by atoms with van der Waals surface area (Å²) in [5, 5.41) is 4.34. The van der Waals surface area contributed by atoms with E-state index in [2.05, 4.69) is 23.1 Å². The Balaban J connectivity index is 1.48. The molecule has 2 atom stereocenters. The third-order valence-corrected chi connectivity index (χ3v) is 7.78. The lowest BCUT2D eigenvalue weighted by Gasteiger charge is -2.42. The van der Waals surface area contributed by atoms with Crippen molar-refractivity contribution in [2.45, 2.75) is 50.6 Å². The molecular weight excluding hydrogens is 442 g/mol. The van der Waals surface area contributed by atoms with Gasteiger partial charge in [0.25, 0.3) is 5.91 Å². The summed E-state index contributed by atoms with van der Waals surface area (Å²) in [7, 11) is 7.44. The van der Waals surface area contributed by atoms with E-state index >= 15 is 0 Å². The van der Waals surface area contributed by atoms with E-state index in [4.69, 9.17) is 4.74 Å². The second kappa shape index (κ2) is 11.2. The molecule has 35 heavy (non-hydrogen) atoms. The van der Waals surface area contributed by atoms with E-state index < -0.39 is 0 Å². The summed E-state index contributed by atoms with van der Waals surface area (Å²) in [6, 6.07) is 9.85. The molecule has 0 unspecified atom stereocenters. The maximum Gasteiger partial charge on any atom is 0.274 e. The van der Waals surface area contributed by atoms with Crippen LogP contribution in [-0.4, -0.2) is 89.2 Å². The molecule has 0 aliphatic carbocycles. The molecule has 2 amide bonds. The highest BCUT2D eigenvalue weighted by molar-refractivity contribution is 5.92. The van der Waals surface area contributed by atoms with Crippen molar-refractivity contribution in [1.29, 1.82) is 0 Å². The molecule has 0 spiro atoms. The van der Waals surface area contributed by atoms with Crippen molar-refractivity contribution < 1.29 is 14.3 Å². The molecule has 4 rings (SSSR count). The van der Waals surface area contributed by atoms with Gasteiger partial charge in [0.2, 0.25) is 5.91 Å². The molecule has 2 aliphatic rings. The van der Waals surface area contributed by atoms with E-state index in [0.717, 1.165) is 63.1 Å². The van der Waals surface area contributed by atoms with Gasteiger partial charge in [-0.25, -0.2) is 0 Å². The lowest BCUT2D eigenvalue weighted by Crippen LogP contribution is -2.53. The summed E-state index contributed by atoms with van der Waals surface area (Å²) in [5.41, 5.74) is 1.59. The van der Waals surface area contributed by atoms with Gasteiger partial charge in [-0.2, -0.15) is 5.10 Å². The van der Waals surface area contributed by atoms with Gasteiger partial charge in [0, 0.05) is 39.4 Å². The predicted molar refractivity (Wildman–Crippen MR) is 135 cm³/mol. The molecule has 2 saturated heterocycles. The van der Waals surface area contributed by atoms with Crippen molar-refractivity contribution in [2.24, 2.45) is 13.0 Å². The van der Waals surface area contributed by atoms with Crippen molar-refractivity contribution in [3.05, 3.63) is 47.8 Å². The van der Waals surface area contributed by atoms with Crippen LogP contribution in [-0.2, 0) is 18.3 Å². The third kappa shape index (κ3) is 5.86. The first-order chi connectivity index (χ1) is 16.9. The number of aromatic nitrogens is 2. The predicted octanol–water partition coefficient (Wildman–Crippen LogP) is 2.83. The van der Waals surface area contributed by atoms with E-state index in [1.54, 1.807) is 24.1 Å². The van der Waals surface area contributed by atoms with Crippen molar-refractivity contribution in [1.82, 2.24) is 24.5 Å². The number of likely N-dealkylation sites (tertiary alicyclic amines) is 2. The number of hydrogen-bond donors (Lipinski definition) is 0. The number of amides is 2. The Hall–Kier alpha value is -2.87. The Bertz CT molecular complexity index is 1010. The Morgan fingerprint density at radius 3 is 2.54 bits per heavy atom. The first kappa shape index (κ1) is 25.2. The van der Waals surface area contributed by atoms with Crippen LogP contribution in [0.4, 0.5) is 0 Å². The van der Waals surface area contributed by atoms with Crippen LogP contribution in [0.1, 0.15) is 48.2 Å². The molecule has 0 saturated carbocycles. The van der Waals surface area contributed by atoms with Gasteiger partial charge in [0.05, 0.1) is 13.2 Å². The lowest BCUT2D eigenvalue weighted by atomic mass is 9.84. The Labute approximate surface area is 208 Å². The van der Waals surface area contributed by atoms with Crippen LogP contribution in [0.2, 0.25) is 0 Å². The van der Waals surface area contributed by atoms with E-state index in [1.165, 1.54) is 6.42 Å². The minimum absolute atomic E-state index is 0.00576. The molecule has 1 aromatic carbocycles. The number of benzene rings is 1. The van der Waals surface area contributed by atoms with E-state index in [0.29, 0.717) is 11.6 Å². The van der Waals surface area contributed by atoms with Crippen LogP contribution in [0.3, 0.4) is 0 Å². The Morgan fingerprint density at radius 2 is 1.89 bits per heavy atom. The maximum atomic E-state index is 13.3. The third-order valence-electron chi connectivity index (χ3n) is 7.78. The first-order valence-corrected chi connectivity index (χ1v) is 12.8. The average molecular weight is 482 g/mol. The van der Waals surface area contributed by atoms with Crippen molar-refractivity contribution >= 4 is 11.8 Å². The number of carbonyl (C=O) groups is 2. The summed E-state index contributed by atoms with van der Waals surface area (Å²) in [4.78, 5) is 32.7. The molecule has 2 aromatic rings. The lowest BCUT2D eigenvalue weighted by molar-refractivity contribution is -0.139. The van der Waals surface area contributed by atoms with Gasteiger partial charge in [0.1, 0.15) is 11.4 Å². The van der Waals surface area contributed by atoms with Crippen LogP contribution < -0.4 is 4.74 Å². The van der Waals surface area contributed by atoms with Gasteiger partial charge >= 0.3 is 0 Å². The summed E-state index contributed by atoms with van der Waals surface area (Å²) in [6.07, 6.45) is 7.55. The van der Waals surface area contributed by atoms with Crippen LogP contribution in [0, 0.1) is 5.92 Å². The number of ether oxygens (including phenoxy) is 1. The SMILES string of the molecule is COc1cccc(C[C@@H](C2CCN(C(=O)[C@H]3CCCCN3C)CC2)N(C)C(=O)c2ccn(C)n2)c1. The largest absolute Gasteiger partial charge is 0.497 e. The Kier molecular flexibility index (Phi) is 8.11. The van der Waals surface area contributed by atoms with Gasteiger partial charge in [-0.1, -0.05) is 18.6 Å². The van der Waals surface area contributed by atoms with Crippen LogP contribution in [0.25, 0.3) is 0 Å². The molecule has 0 radical (unpaired) electrons. The number of nitrogens with zero attached hydrogens (tertiary/aromatic N) is 5. The van der Waals surface area contributed by atoms with Gasteiger partial charge in [-0.15, -0.1) is 0 Å². The molecule has 1 aromatic heterocycles. The zero-order valence-electron chi connectivity index (χ0n) is 21.5. The van der Waals surface area contributed by atoms with Gasteiger partial charge in [-0.3, -0.25) is 19.2 Å². The Morgan fingerprint density at radius 1 is 1.11 bits per heavy atom. The molecule has 2 aliphatic heterocycles. The zero-order valence-corrected chi connectivity index (χ0v) is 21.5. The minimum Gasteiger partial charge on any atom is -0.497 e. The molecule has 3 heterocycles. The number of rotatable bonds is 7. The number of hydrogen-bond acceptors (Lipinski definition) is 5. The molecule has 0 bridgehead atoms. The fourth-order valence-corrected chi connectivity index (χ4v) is 5.62. The number of carbonyl (C=O) groups excluding carboxylic acids is 2. The van der Waals surface area contributed by atoms with E-state index in [-0.39, 0.29) is 23.9 Å². The highest BCUT2D eigenvalue weighted by atomic mass is 16.5. The van der Waals surface area contributed by atoms with E-state index in [1.807, 2.05) is 42.1 Å². The topological polar surface area (TPSA) is 70.9 Å². The number of likely N-dealkylation sites (N-methyl/N-ethyl adjacent to an activating group) is 2. The van der Waals surface area contributed by atoms with Gasteiger partial charge in [-0.05, 0) is 75.4 Å². The van der Waals surface area contributed by atoms with Gasteiger partial charge < -0.3 is 14.5 Å². The zero-order chi connectivity index (χ0) is 24.9. The highest BCUT2D eigenvalue weighted by Crippen LogP contribution is 2.29. The maximum absolute atomic E-state index is 13.3. The van der Waals surface area contributed by atoms with Crippen molar-refractivity contribution in [3.8, 4) is 5.75 Å². The van der Waals surface area contributed by atoms with Crippen LogP contribution in [0.15, 0.2) is 36.5 Å². The number of methoxy groups -OCH3 is 1. The number of piperidine rings is 2. The quantitative estimate of drug-likeness (QED) is 0.608. The van der Waals surface area contributed by atoms with E-state index in [9.17, 15) is 9.59 Å².